The first-order valence-corrected chi connectivity index (χ1v) is 10.1. The van der Waals surface area contributed by atoms with Crippen molar-refractivity contribution in [3.63, 3.8) is 0 Å². The zero-order chi connectivity index (χ0) is 21.0. The molecule has 1 aliphatic carbocycles. The van der Waals surface area contributed by atoms with Crippen LogP contribution < -0.4 is 20.5 Å². The summed E-state index contributed by atoms with van der Waals surface area (Å²) in [6.07, 6.45) is -1.21. The largest absolute Gasteiger partial charge is 0.530 e. The molecular formula is C22H25ClFN2O3-. The lowest BCUT2D eigenvalue weighted by Gasteiger charge is -2.14. The van der Waals surface area contributed by atoms with E-state index < -0.39 is 6.09 Å². The molecule has 1 heterocycles. The number of nitrogens with one attached hydrogen (secondary N) is 2. The highest BCUT2D eigenvalue weighted by Crippen LogP contribution is 2.50. The lowest BCUT2D eigenvalue weighted by Crippen LogP contribution is -2.35. The average molecular weight is 420 g/mol. The van der Waals surface area contributed by atoms with Crippen molar-refractivity contribution in [3.8, 4) is 5.75 Å². The maximum atomic E-state index is 13.3. The van der Waals surface area contributed by atoms with Crippen molar-refractivity contribution in [3.05, 3.63) is 63.9 Å². The fraction of sp³-hybridized carbons (Fsp3) is 0.409. The van der Waals surface area contributed by atoms with Gasteiger partial charge in [-0.2, -0.15) is 0 Å². The van der Waals surface area contributed by atoms with E-state index in [0.717, 1.165) is 18.7 Å². The molecule has 4 rings (SSSR count). The quantitative estimate of drug-likeness (QED) is 0.796. The minimum absolute atomic E-state index is 0.250. The number of rotatable bonds is 4. The number of ether oxygens (including phenoxy) is 1. The van der Waals surface area contributed by atoms with E-state index in [-0.39, 0.29) is 5.82 Å². The number of halogens is 2. The Kier molecular flexibility index (Phi) is 6.98. The topological polar surface area (TPSA) is 73.4 Å². The molecule has 2 aromatic carbocycles. The van der Waals surface area contributed by atoms with E-state index in [4.69, 9.17) is 16.3 Å². The Morgan fingerprint density at radius 2 is 2.10 bits per heavy atom. The maximum Gasteiger partial charge on any atom is 0.138 e. The highest BCUT2D eigenvalue weighted by atomic mass is 35.5. The Morgan fingerprint density at radius 1 is 1.31 bits per heavy atom. The maximum absolute atomic E-state index is 13.3. The lowest BCUT2D eigenvalue weighted by molar-refractivity contribution is -0.250. The first kappa shape index (κ1) is 21.4. The molecule has 0 saturated carbocycles. The number of hydrogen-bond donors (Lipinski definition) is 2. The van der Waals surface area contributed by atoms with E-state index in [0.29, 0.717) is 41.7 Å². The van der Waals surface area contributed by atoms with Gasteiger partial charge in [0, 0.05) is 19.0 Å². The standard InChI is InChI=1S/C19H19ClFNO.C3H7NO2/c1-11-14-6-18(20)19(7-15(14)17-9-22-8-16(11)17)23-10-12-3-2-4-13(21)5-12;1-2-4-3(5)6/h2-7,11,16-17,22H,8-10H2,1H3;4H,2H2,1H3,(H,5,6)/p-1. The van der Waals surface area contributed by atoms with Gasteiger partial charge >= 0.3 is 0 Å². The van der Waals surface area contributed by atoms with Gasteiger partial charge in [0.1, 0.15) is 24.3 Å². The fourth-order valence-corrected chi connectivity index (χ4v) is 4.36. The van der Waals surface area contributed by atoms with Crippen LogP contribution in [0.2, 0.25) is 5.02 Å². The Bertz CT molecular complexity index is 877. The van der Waals surface area contributed by atoms with Crippen molar-refractivity contribution in [1.82, 2.24) is 10.6 Å². The molecule has 3 unspecified atom stereocenters. The average Bonchev–Trinajstić information content (AvgIpc) is 3.24. The molecule has 0 radical (unpaired) electrons. The molecule has 1 saturated heterocycles. The van der Waals surface area contributed by atoms with Gasteiger partial charge in [0.25, 0.3) is 0 Å². The third kappa shape index (κ3) is 5.00. The summed E-state index contributed by atoms with van der Waals surface area (Å²) in [5.74, 6) is 2.17. The van der Waals surface area contributed by atoms with Crippen LogP contribution in [0.15, 0.2) is 36.4 Å². The summed E-state index contributed by atoms with van der Waals surface area (Å²) in [4.78, 5) is 9.38. The number of carbonyl (C=O) groups is 1. The van der Waals surface area contributed by atoms with Crippen LogP contribution in [0.5, 0.6) is 5.75 Å². The second kappa shape index (κ2) is 9.46. The van der Waals surface area contributed by atoms with Gasteiger partial charge in [0.15, 0.2) is 0 Å². The smallest absolute Gasteiger partial charge is 0.138 e. The van der Waals surface area contributed by atoms with Crippen LogP contribution in [0, 0.1) is 11.7 Å². The second-order valence-corrected chi connectivity index (χ2v) is 7.77. The predicted molar refractivity (Wildman–Crippen MR) is 109 cm³/mol. The zero-order valence-corrected chi connectivity index (χ0v) is 17.3. The van der Waals surface area contributed by atoms with Crippen LogP contribution in [0.4, 0.5) is 9.18 Å². The van der Waals surface area contributed by atoms with Crippen LogP contribution in [-0.2, 0) is 6.61 Å². The van der Waals surface area contributed by atoms with Gasteiger partial charge in [-0.3, -0.25) is 0 Å². The van der Waals surface area contributed by atoms with Crippen LogP contribution >= 0.6 is 11.6 Å². The molecule has 1 fully saturated rings. The van der Waals surface area contributed by atoms with Gasteiger partial charge in [-0.1, -0.05) is 30.7 Å². The van der Waals surface area contributed by atoms with E-state index in [1.165, 1.54) is 23.3 Å². The minimum atomic E-state index is -1.21. The van der Waals surface area contributed by atoms with Gasteiger partial charge in [0.2, 0.25) is 0 Å². The third-order valence-corrected chi connectivity index (χ3v) is 5.83. The van der Waals surface area contributed by atoms with Gasteiger partial charge < -0.3 is 25.3 Å². The highest BCUT2D eigenvalue weighted by Gasteiger charge is 2.41. The molecule has 1 amide bonds. The SMILES string of the molecule is CC1c2cc(Cl)c(OCc3cccc(F)c3)cc2C2CNCC12.CCNC(=O)[O-]. The molecular weight excluding hydrogens is 395 g/mol. The lowest BCUT2D eigenvalue weighted by atomic mass is 9.91. The molecule has 29 heavy (non-hydrogen) atoms. The summed E-state index contributed by atoms with van der Waals surface area (Å²) in [5.41, 5.74) is 3.51. The van der Waals surface area contributed by atoms with Crippen molar-refractivity contribution in [2.75, 3.05) is 19.6 Å². The van der Waals surface area contributed by atoms with Gasteiger partial charge in [-0.25, -0.2) is 4.39 Å². The molecule has 5 nitrogen and oxygen atoms in total. The second-order valence-electron chi connectivity index (χ2n) is 7.37. The van der Waals surface area contributed by atoms with Crippen molar-refractivity contribution >= 4 is 17.7 Å². The van der Waals surface area contributed by atoms with Crippen LogP contribution in [0.3, 0.4) is 0 Å². The van der Waals surface area contributed by atoms with E-state index in [1.807, 2.05) is 11.4 Å². The monoisotopic (exact) mass is 419 g/mol. The molecule has 0 aromatic heterocycles. The molecule has 2 aliphatic rings. The summed E-state index contributed by atoms with van der Waals surface area (Å²) in [5, 5.41) is 15.5. The zero-order valence-electron chi connectivity index (χ0n) is 16.5. The molecule has 2 N–H and O–H groups in total. The Hall–Kier alpha value is -2.31. The number of amides is 1. The molecule has 2 aromatic rings. The summed E-state index contributed by atoms with van der Waals surface area (Å²) >= 11 is 6.41. The van der Waals surface area contributed by atoms with E-state index in [2.05, 4.69) is 24.4 Å². The number of carbonyl (C=O) groups excluding carboxylic acids is 1. The molecule has 0 spiro atoms. The van der Waals surface area contributed by atoms with Gasteiger partial charge in [-0.05, 0) is 66.3 Å². The fourth-order valence-electron chi connectivity index (χ4n) is 4.14. The van der Waals surface area contributed by atoms with Crippen molar-refractivity contribution in [1.29, 1.82) is 0 Å². The predicted octanol–water partition coefficient (Wildman–Crippen LogP) is 3.42. The van der Waals surface area contributed by atoms with Crippen molar-refractivity contribution in [2.24, 2.45) is 5.92 Å². The summed E-state index contributed by atoms with van der Waals surface area (Å²) < 4.78 is 19.1. The molecule has 0 bridgehead atoms. The number of benzene rings is 2. The third-order valence-electron chi connectivity index (χ3n) is 5.54. The van der Waals surface area contributed by atoms with Crippen LogP contribution in [0.1, 0.15) is 42.4 Å². The van der Waals surface area contributed by atoms with Crippen LogP contribution in [-0.4, -0.2) is 25.7 Å². The molecule has 3 atom stereocenters. The van der Waals surface area contributed by atoms with Crippen molar-refractivity contribution in [2.45, 2.75) is 32.3 Å². The summed E-state index contributed by atoms with van der Waals surface area (Å²) in [6, 6.07) is 10.6. The van der Waals surface area contributed by atoms with E-state index >= 15 is 0 Å². The van der Waals surface area contributed by atoms with Gasteiger partial charge in [0.05, 0.1) is 5.02 Å². The van der Waals surface area contributed by atoms with Crippen molar-refractivity contribution < 1.29 is 19.0 Å². The molecule has 156 valence electrons. The number of carboxylic acid groups (broad SMARTS) is 1. The minimum Gasteiger partial charge on any atom is -0.530 e. The number of hydrogen-bond acceptors (Lipinski definition) is 4. The van der Waals surface area contributed by atoms with E-state index in [9.17, 15) is 14.3 Å². The van der Waals surface area contributed by atoms with Gasteiger partial charge in [-0.15, -0.1) is 0 Å². The molecule has 1 aliphatic heterocycles. The molecule has 7 heteroatoms. The first-order chi connectivity index (χ1) is 13.9. The normalized spacial score (nSPS) is 21.6. The Labute approximate surface area is 175 Å². The number of fused-ring (bicyclic) bond motifs is 3. The summed E-state index contributed by atoms with van der Waals surface area (Å²) in [7, 11) is 0. The van der Waals surface area contributed by atoms with Crippen LogP contribution in [0.25, 0.3) is 0 Å². The first-order valence-electron chi connectivity index (χ1n) is 9.76. The Balaban J connectivity index is 0.000000353. The highest BCUT2D eigenvalue weighted by molar-refractivity contribution is 6.32. The summed E-state index contributed by atoms with van der Waals surface area (Å²) in [6.45, 7) is 6.79. The van der Waals surface area contributed by atoms with E-state index in [1.54, 1.807) is 13.0 Å². The Morgan fingerprint density at radius 3 is 2.76 bits per heavy atom.